The average Bonchev–Trinajstić information content (AvgIpc) is 3.29. The highest BCUT2D eigenvalue weighted by atomic mass is 16.8. The SMILES string of the molecule is CCOC(=O)OC(C)OCCCC(C)(O)c1cc(-c2ccc(C)cc2)n(-c2ccc(OC)cc2)n1. The number of carbonyl (C=O) groups excluding carboxylic acids is 1. The van der Waals surface area contributed by atoms with Crippen LogP contribution in [0.4, 0.5) is 4.79 Å². The summed E-state index contributed by atoms with van der Waals surface area (Å²) in [6, 6.07) is 17.7. The van der Waals surface area contributed by atoms with E-state index in [0.29, 0.717) is 25.1 Å². The molecule has 0 amide bonds. The van der Waals surface area contributed by atoms with Gasteiger partial charge < -0.3 is 24.1 Å². The molecule has 0 bridgehead atoms. The molecule has 0 saturated heterocycles. The van der Waals surface area contributed by atoms with Gasteiger partial charge in [0.25, 0.3) is 0 Å². The first-order valence-electron chi connectivity index (χ1n) is 11.7. The molecule has 0 aliphatic heterocycles. The van der Waals surface area contributed by atoms with Gasteiger partial charge in [0, 0.05) is 5.56 Å². The van der Waals surface area contributed by atoms with Gasteiger partial charge in [0.05, 0.1) is 37.4 Å². The van der Waals surface area contributed by atoms with Crippen LogP contribution in [-0.2, 0) is 19.8 Å². The van der Waals surface area contributed by atoms with Crippen molar-refractivity contribution in [3.05, 3.63) is 65.9 Å². The Morgan fingerprint density at radius 3 is 2.46 bits per heavy atom. The first-order valence-corrected chi connectivity index (χ1v) is 11.7. The zero-order valence-corrected chi connectivity index (χ0v) is 21.0. The molecule has 0 radical (unpaired) electrons. The summed E-state index contributed by atoms with van der Waals surface area (Å²) in [4.78, 5) is 11.4. The van der Waals surface area contributed by atoms with Crippen LogP contribution >= 0.6 is 0 Å². The molecule has 0 saturated carbocycles. The van der Waals surface area contributed by atoms with Gasteiger partial charge in [-0.2, -0.15) is 5.10 Å². The van der Waals surface area contributed by atoms with Gasteiger partial charge >= 0.3 is 6.16 Å². The van der Waals surface area contributed by atoms with Crippen LogP contribution in [0.2, 0.25) is 0 Å². The molecule has 0 aliphatic rings. The predicted molar refractivity (Wildman–Crippen MR) is 133 cm³/mol. The van der Waals surface area contributed by atoms with Gasteiger partial charge in [0.1, 0.15) is 11.4 Å². The molecule has 1 N–H and O–H groups in total. The molecule has 0 fully saturated rings. The quantitative estimate of drug-likeness (QED) is 0.223. The minimum absolute atomic E-state index is 0.238. The number of benzene rings is 2. The first kappa shape index (κ1) is 26.2. The number of aliphatic hydroxyl groups is 1. The first-order chi connectivity index (χ1) is 16.7. The highest BCUT2D eigenvalue weighted by molar-refractivity contribution is 5.63. The Morgan fingerprint density at radius 1 is 1.14 bits per heavy atom. The largest absolute Gasteiger partial charge is 0.510 e. The second-order valence-electron chi connectivity index (χ2n) is 8.51. The number of hydrogen-bond acceptors (Lipinski definition) is 7. The molecule has 3 aromatic rings. The van der Waals surface area contributed by atoms with E-state index in [1.165, 1.54) is 0 Å². The third-order valence-electron chi connectivity index (χ3n) is 5.61. The van der Waals surface area contributed by atoms with Crippen LogP contribution in [0.1, 0.15) is 44.9 Å². The van der Waals surface area contributed by atoms with Crippen LogP contribution in [0.15, 0.2) is 54.6 Å². The van der Waals surface area contributed by atoms with E-state index in [1.54, 1.807) is 27.9 Å². The number of nitrogens with zero attached hydrogens (tertiary/aromatic N) is 2. The highest BCUT2D eigenvalue weighted by Gasteiger charge is 2.28. The van der Waals surface area contributed by atoms with Crippen molar-refractivity contribution in [2.24, 2.45) is 0 Å². The van der Waals surface area contributed by atoms with Gasteiger partial charge in [0.15, 0.2) is 0 Å². The summed E-state index contributed by atoms with van der Waals surface area (Å²) in [6.45, 7) is 7.66. The summed E-state index contributed by atoms with van der Waals surface area (Å²) >= 11 is 0. The number of aryl methyl sites for hydroxylation is 1. The van der Waals surface area contributed by atoms with E-state index < -0.39 is 18.0 Å². The Hall–Kier alpha value is -3.36. The van der Waals surface area contributed by atoms with Gasteiger partial charge in [0.2, 0.25) is 6.29 Å². The third kappa shape index (κ3) is 7.07. The van der Waals surface area contributed by atoms with E-state index >= 15 is 0 Å². The maximum absolute atomic E-state index is 11.4. The second-order valence-corrected chi connectivity index (χ2v) is 8.51. The molecule has 2 unspecified atom stereocenters. The van der Waals surface area contributed by atoms with Crippen molar-refractivity contribution in [2.45, 2.75) is 52.4 Å². The molecule has 3 rings (SSSR count). The molecule has 35 heavy (non-hydrogen) atoms. The Morgan fingerprint density at radius 2 is 1.83 bits per heavy atom. The molecular weight excluding hydrogens is 448 g/mol. The van der Waals surface area contributed by atoms with Crippen molar-refractivity contribution in [1.29, 1.82) is 0 Å². The standard InChI is InChI=1S/C27H34N2O6/c1-6-33-26(30)35-20(3)34-17-7-16-27(4,31)25-18-24(21-10-8-19(2)9-11-21)29(28-25)22-12-14-23(32-5)15-13-22/h8-15,18,20,31H,6-7,16-17H2,1-5H3. The molecule has 8 heteroatoms. The Labute approximate surface area is 206 Å². The van der Waals surface area contributed by atoms with E-state index in [9.17, 15) is 9.90 Å². The van der Waals surface area contributed by atoms with Crippen LogP contribution in [0.3, 0.4) is 0 Å². The van der Waals surface area contributed by atoms with E-state index in [1.807, 2.05) is 54.1 Å². The fraction of sp³-hybridized carbons (Fsp3) is 0.407. The van der Waals surface area contributed by atoms with Crippen molar-refractivity contribution in [3.8, 4) is 22.7 Å². The number of methoxy groups -OCH3 is 1. The number of carbonyl (C=O) groups is 1. The maximum atomic E-state index is 11.4. The fourth-order valence-electron chi connectivity index (χ4n) is 3.61. The zero-order valence-electron chi connectivity index (χ0n) is 21.0. The van der Waals surface area contributed by atoms with Crippen molar-refractivity contribution >= 4 is 6.16 Å². The molecule has 2 atom stereocenters. The summed E-state index contributed by atoms with van der Waals surface area (Å²) in [7, 11) is 1.63. The van der Waals surface area contributed by atoms with Crippen molar-refractivity contribution in [2.75, 3.05) is 20.3 Å². The molecule has 1 aromatic heterocycles. The van der Waals surface area contributed by atoms with Crippen molar-refractivity contribution in [3.63, 3.8) is 0 Å². The van der Waals surface area contributed by atoms with E-state index in [4.69, 9.17) is 24.0 Å². The van der Waals surface area contributed by atoms with Crippen LogP contribution in [0.25, 0.3) is 16.9 Å². The van der Waals surface area contributed by atoms with Gasteiger partial charge in [-0.1, -0.05) is 29.8 Å². The molecule has 0 spiro atoms. The number of aromatic nitrogens is 2. The summed E-state index contributed by atoms with van der Waals surface area (Å²) < 4.78 is 22.4. The smallest absolute Gasteiger partial charge is 0.497 e. The van der Waals surface area contributed by atoms with Crippen LogP contribution in [-0.4, -0.2) is 47.7 Å². The third-order valence-corrected chi connectivity index (χ3v) is 5.61. The maximum Gasteiger partial charge on any atom is 0.510 e. The topological polar surface area (TPSA) is 92.0 Å². The van der Waals surface area contributed by atoms with Crippen LogP contribution in [0, 0.1) is 6.92 Å². The fourth-order valence-corrected chi connectivity index (χ4v) is 3.61. The summed E-state index contributed by atoms with van der Waals surface area (Å²) in [5.41, 5.74) is 3.26. The van der Waals surface area contributed by atoms with E-state index in [2.05, 4.69) is 12.1 Å². The zero-order chi connectivity index (χ0) is 25.4. The predicted octanol–water partition coefficient (Wildman–Crippen LogP) is 5.38. The van der Waals surface area contributed by atoms with Gasteiger partial charge in [-0.3, -0.25) is 0 Å². The molecule has 0 aliphatic carbocycles. The lowest BCUT2D eigenvalue weighted by atomic mass is 9.95. The Balaban J connectivity index is 1.76. The Kier molecular flexibility index (Phi) is 8.89. The van der Waals surface area contributed by atoms with Crippen molar-refractivity contribution < 1.29 is 28.8 Å². The van der Waals surface area contributed by atoms with E-state index in [-0.39, 0.29) is 6.61 Å². The number of ether oxygens (including phenoxy) is 4. The Bertz CT molecular complexity index is 1090. The lowest BCUT2D eigenvalue weighted by molar-refractivity contribution is -0.113. The monoisotopic (exact) mass is 482 g/mol. The molecule has 8 nitrogen and oxygen atoms in total. The van der Waals surface area contributed by atoms with E-state index in [0.717, 1.165) is 28.3 Å². The summed E-state index contributed by atoms with van der Waals surface area (Å²) in [5, 5.41) is 16.0. The number of hydrogen-bond donors (Lipinski definition) is 1. The normalized spacial score (nSPS) is 13.7. The molecule has 1 heterocycles. The molecular formula is C27H34N2O6. The van der Waals surface area contributed by atoms with Crippen LogP contribution < -0.4 is 4.74 Å². The molecule has 188 valence electrons. The minimum Gasteiger partial charge on any atom is -0.497 e. The van der Waals surface area contributed by atoms with Gasteiger partial charge in [-0.25, -0.2) is 9.48 Å². The van der Waals surface area contributed by atoms with Gasteiger partial charge in [-0.05, 0) is 70.9 Å². The lowest BCUT2D eigenvalue weighted by Crippen LogP contribution is -2.24. The van der Waals surface area contributed by atoms with Crippen molar-refractivity contribution in [1.82, 2.24) is 9.78 Å². The summed E-state index contributed by atoms with van der Waals surface area (Å²) in [6.07, 6.45) is -0.550. The highest BCUT2D eigenvalue weighted by Crippen LogP contribution is 2.32. The van der Waals surface area contributed by atoms with Gasteiger partial charge in [-0.15, -0.1) is 0 Å². The summed E-state index contributed by atoms with van der Waals surface area (Å²) in [5.74, 6) is 0.756. The minimum atomic E-state index is -1.19. The number of rotatable bonds is 11. The lowest BCUT2D eigenvalue weighted by Gasteiger charge is -2.21. The van der Waals surface area contributed by atoms with Crippen LogP contribution in [0.5, 0.6) is 5.75 Å². The second kappa shape index (κ2) is 11.9. The molecule has 2 aromatic carbocycles. The average molecular weight is 483 g/mol.